The number of carbonyl (C=O) groups excluding carboxylic acids is 1. The Morgan fingerprint density at radius 2 is 1.96 bits per heavy atom. The van der Waals surface area contributed by atoms with E-state index in [-0.39, 0.29) is 9.77 Å². The van der Waals surface area contributed by atoms with Gasteiger partial charge < -0.3 is 5.32 Å². The first kappa shape index (κ1) is 18.4. The molecule has 3 rings (SSSR count). The Labute approximate surface area is 154 Å². The van der Waals surface area contributed by atoms with E-state index < -0.39 is 21.7 Å². The molecule has 0 unspecified atom stereocenters. The molecular weight excluding hydrogens is 383 g/mol. The lowest BCUT2D eigenvalue weighted by molar-refractivity contribution is 0.102. The van der Waals surface area contributed by atoms with E-state index in [4.69, 9.17) is 0 Å². The average Bonchev–Trinajstić information content (AvgIpc) is 3.10. The highest BCUT2D eigenvalue weighted by molar-refractivity contribution is 7.99. The zero-order valence-electron chi connectivity index (χ0n) is 13.5. The minimum absolute atomic E-state index is 0.00878. The molecule has 25 heavy (non-hydrogen) atoms. The number of anilines is 1. The number of rotatable bonds is 4. The molecule has 0 saturated carbocycles. The van der Waals surface area contributed by atoms with Crippen LogP contribution < -0.4 is 5.32 Å². The van der Waals surface area contributed by atoms with Crippen LogP contribution in [0.1, 0.15) is 15.2 Å². The maximum Gasteiger partial charge on any atom is 0.267 e. The zero-order chi connectivity index (χ0) is 18.0. The minimum atomic E-state index is -3.71. The first-order valence-corrected chi connectivity index (χ1v) is 11.1. The van der Waals surface area contributed by atoms with Crippen LogP contribution in [0.15, 0.2) is 34.5 Å². The van der Waals surface area contributed by atoms with Gasteiger partial charge in [0.05, 0.1) is 0 Å². The maximum atomic E-state index is 13.6. The predicted molar refractivity (Wildman–Crippen MR) is 99.5 cm³/mol. The third-order valence-electron chi connectivity index (χ3n) is 3.85. The van der Waals surface area contributed by atoms with Gasteiger partial charge >= 0.3 is 0 Å². The Balaban J connectivity index is 1.85. The van der Waals surface area contributed by atoms with Gasteiger partial charge in [0, 0.05) is 30.3 Å². The number of carbonyl (C=O) groups is 1. The van der Waals surface area contributed by atoms with Crippen molar-refractivity contribution in [3.63, 3.8) is 0 Å². The molecule has 2 heterocycles. The summed E-state index contributed by atoms with van der Waals surface area (Å²) in [4.78, 5) is 12.6. The highest BCUT2D eigenvalue weighted by Crippen LogP contribution is 2.28. The molecule has 0 radical (unpaired) electrons. The van der Waals surface area contributed by atoms with E-state index >= 15 is 0 Å². The second-order valence-corrected chi connectivity index (χ2v) is 9.60. The van der Waals surface area contributed by atoms with Crippen molar-refractivity contribution in [2.24, 2.45) is 0 Å². The van der Waals surface area contributed by atoms with Gasteiger partial charge in [0.1, 0.15) is 15.6 Å². The number of sulfonamides is 1. The van der Waals surface area contributed by atoms with Gasteiger partial charge in [-0.2, -0.15) is 16.1 Å². The van der Waals surface area contributed by atoms with Crippen LogP contribution >= 0.6 is 23.1 Å². The second kappa shape index (κ2) is 7.45. The summed E-state index contributed by atoms with van der Waals surface area (Å²) in [5, 5.41) is 4.15. The van der Waals surface area contributed by atoms with Crippen LogP contribution in [0.3, 0.4) is 0 Å². The van der Waals surface area contributed by atoms with E-state index in [0.29, 0.717) is 24.3 Å². The van der Waals surface area contributed by atoms with Gasteiger partial charge in [0.15, 0.2) is 0 Å². The van der Waals surface area contributed by atoms with Gasteiger partial charge in [0.2, 0.25) is 10.0 Å². The van der Waals surface area contributed by atoms with Crippen LogP contribution in [0.4, 0.5) is 10.1 Å². The van der Waals surface area contributed by atoms with E-state index in [1.165, 1.54) is 16.4 Å². The van der Waals surface area contributed by atoms with Crippen LogP contribution in [0.2, 0.25) is 0 Å². The summed E-state index contributed by atoms with van der Waals surface area (Å²) in [5.74, 6) is 0.506. The Kier molecular flexibility index (Phi) is 5.47. The third kappa shape index (κ3) is 3.89. The minimum Gasteiger partial charge on any atom is -0.321 e. The lowest BCUT2D eigenvalue weighted by Crippen LogP contribution is -2.38. The standard InChI is InChI=1S/C16H17FN2O3S3/c1-11-2-3-12(10-13(11)17)18-16(20)15-14(4-7-24-15)25(21,22)19-5-8-23-9-6-19/h2-4,7,10H,5-6,8-9H2,1H3,(H,18,20). The highest BCUT2D eigenvalue weighted by atomic mass is 32.2. The van der Waals surface area contributed by atoms with Gasteiger partial charge in [-0.3, -0.25) is 4.79 Å². The molecular formula is C16H17FN2O3S3. The van der Waals surface area contributed by atoms with Crippen LogP contribution in [0, 0.1) is 12.7 Å². The van der Waals surface area contributed by atoms with Gasteiger partial charge in [-0.25, -0.2) is 12.8 Å². The Morgan fingerprint density at radius 1 is 1.24 bits per heavy atom. The van der Waals surface area contributed by atoms with Crippen molar-refractivity contribution < 1.29 is 17.6 Å². The van der Waals surface area contributed by atoms with Crippen LogP contribution in [0.25, 0.3) is 0 Å². The largest absolute Gasteiger partial charge is 0.321 e. The van der Waals surface area contributed by atoms with Crippen molar-refractivity contribution in [1.29, 1.82) is 0 Å². The van der Waals surface area contributed by atoms with Crippen LogP contribution in [0.5, 0.6) is 0 Å². The SMILES string of the molecule is Cc1ccc(NC(=O)c2sccc2S(=O)(=O)N2CCSCC2)cc1F. The lowest BCUT2D eigenvalue weighted by Gasteiger charge is -2.25. The smallest absolute Gasteiger partial charge is 0.267 e. The van der Waals surface area contributed by atoms with E-state index in [1.54, 1.807) is 36.2 Å². The summed E-state index contributed by atoms with van der Waals surface area (Å²) in [6, 6.07) is 5.81. The van der Waals surface area contributed by atoms with E-state index in [9.17, 15) is 17.6 Å². The number of thioether (sulfide) groups is 1. The molecule has 1 amide bonds. The van der Waals surface area contributed by atoms with Gasteiger partial charge in [-0.15, -0.1) is 11.3 Å². The van der Waals surface area contributed by atoms with E-state index in [1.807, 2.05) is 0 Å². The van der Waals surface area contributed by atoms with Crippen molar-refractivity contribution >= 4 is 44.7 Å². The predicted octanol–water partition coefficient (Wildman–Crippen LogP) is 3.19. The summed E-state index contributed by atoms with van der Waals surface area (Å²) >= 11 is 2.77. The van der Waals surface area contributed by atoms with E-state index in [0.717, 1.165) is 22.8 Å². The van der Waals surface area contributed by atoms with Gasteiger partial charge in [-0.05, 0) is 36.1 Å². The quantitative estimate of drug-likeness (QED) is 0.856. The molecule has 1 aromatic heterocycles. The van der Waals surface area contributed by atoms with Crippen LogP contribution in [-0.4, -0.2) is 43.2 Å². The fourth-order valence-corrected chi connectivity index (χ4v) is 6.32. The number of halogens is 1. The monoisotopic (exact) mass is 400 g/mol. The molecule has 1 fully saturated rings. The lowest BCUT2D eigenvalue weighted by atomic mass is 10.2. The normalized spacial score (nSPS) is 15.9. The van der Waals surface area contributed by atoms with Crippen molar-refractivity contribution in [1.82, 2.24) is 4.31 Å². The number of aryl methyl sites for hydroxylation is 1. The molecule has 1 aromatic carbocycles. The van der Waals surface area contributed by atoms with Gasteiger partial charge in [0.25, 0.3) is 5.91 Å². The van der Waals surface area contributed by atoms with Crippen molar-refractivity contribution in [3.05, 3.63) is 45.9 Å². The topological polar surface area (TPSA) is 66.5 Å². The molecule has 1 aliphatic rings. The number of hydrogen-bond donors (Lipinski definition) is 1. The number of thiophene rings is 1. The highest BCUT2D eigenvalue weighted by Gasteiger charge is 2.31. The first-order valence-electron chi connectivity index (χ1n) is 7.62. The number of hydrogen-bond acceptors (Lipinski definition) is 5. The number of nitrogens with zero attached hydrogens (tertiary/aromatic N) is 1. The Hall–Kier alpha value is -1.42. The van der Waals surface area contributed by atoms with Crippen molar-refractivity contribution in [2.45, 2.75) is 11.8 Å². The Morgan fingerprint density at radius 3 is 2.64 bits per heavy atom. The second-order valence-electron chi connectivity index (χ2n) is 5.55. The van der Waals surface area contributed by atoms with E-state index in [2.05, 4.69) is 5.32 Å². The average molecular weight is 401 g/mol. The number of amides is 1. The van der Waals surface area contributed by atoms with Crippen molar-refractivity contribution in [2.75, 3.05) is 29.9 Å². The maximum absolute atomic E-state index is 13.6. The molecule has 134 valence electrons. The summed E-state index contributed by atoms with van der Waals surface area (Å²) in [5.41, 5.74) is 0.763. The third-order valence-corrected chi connectivity index (χ3v) is 7.78. The fraction of sp³-hybridized carbons (Fsp3) is 0.312. The first-order chi connectivity index (χ1) is 11.9. The molecule has 1 N–H and O–H groups in total. The zero-order valence-corrected chi connectivity index (χ0v) is 15.9. The van der Waals surface area contributed by atoms with Crippen LogP contribution in [-0.2, 0) is 10.0 Å². The summed E-state index contributed by atoms with van der Waals surface area (Å²) in [6.45, 7) is 2.50. The number of nitrogens with one attached hydrogen (secondary N) is 1. The molecule has 0 spiro atoms. The number of benzene rings is 1. The summed E-state index contributed by atoms with van der Waals surface area (Å²) in [7, 11) is -3.71. The van der Waals surface area contributed by atoms with Gasteiger partial charge in [-0.1, -0.05) is 6.07 Å². The van der Waals surface area contributed by atoms with Crippen molar-refractivity contribution in [3.8, 4) is 0 Å². The molecule has 5 nitrogen and oxygen atoms in total. The molecule has 1 saturated heterocycles. The molecule has 1 aliphatic heterocycles. The molecule has 0 aliphatic carbocycles. The fourth-order valence-electron chi connectivity index (χ4n) is 2.45. The molecule has 0 bridgehead atoms. The molecule has 9 heteroatoms. The summed E-state index contributed by atoms with van der Waals surface area (Å²) < 4.78 is 40.7. The Bertz CT molecular complexity index is 890. The molecule has 0 atom stereocenters. The summed E-state index contributed by atoms with van der Waals surface area (Å²) in [6.07, 6.45) is 0. The molecule has 2 aromatic rings.